The van der Waals surface area contributed by atoms with Gasteiger partial charge in [0.25, 0.3) is 0 Å². The molecule has 0 saturated carbocycles. The predicted molar refractivity (Wildman–Crippen MR) is 36.8 cm³/mol. The van der Waals surface area contributed by atoms with E-state index in [1.807, 2.05) is 20.8 Å². The van der Waals surface area contributed by atoms with E-state index in [4.69, 9.17) is 5.26 Å². The van der Waals surface area contributed by atoms with Gasteiger partial charge in [0, 0.05) is 16.8 Å². The van der Waals surface area contributed by atoms with E-state index in [0.717, 1.165) is 18.5 Å². The Labute approximate surface area is 59.4 Å². The van der Waals surface area contributed by atoms with Gasteiger partial charge in [-0.2, -0.15) is 0 Å². The van der Waals surface area contributed by atoms with Gasteiger partial charge in [0.15, 0.2) is 0 Å². The van der Waals surface area contributed by atoms with Crippen molar-refractivity contribution in [2.45, 2.75) is 31.9 Å². The van der Waals surface area contributed by atoms with E-state index in [0.29, 0.717) is 0 Å². The van der Waals surface area contributed by atoms with Gasteiger partial charge in [-0.25, -0.2) is 5.26 Å². The van der Waals surface area contributed by atoms with Gasteiger partial charge in [-0.1, -0.05) is 12.0 Å². The van der Waals surface area contributed by atoms with Gasteiger partial charge < -0.3 is 0 Å². The fourth-order valence-corrected chi connectivity index (χ4v) is 0.499. The highest BCUT2D eigenvalue weighted by molar-refractivity contribution is 7.95. The summed E-state index contributed by atoms with van der Waals surface area (Å²) in [6, 6.07) is 0. The molecule has 0 amide bonds. The summed E-state index contributed by atoms with van der Waals surface area (Å²) in [4.78, 5) is 0. The van der Waals surface area contributed by atoms with Crippen LogP contribution in [0.4, 0.5) is 0 Å². The lowest BCUT2D eigenvalue weighted by Gasteiger charge is -2.17. The molecular weight excluding hydrogens is 140 g/mol. The first-order valence-corrected chi connectivity index (χ1v) is 3.52. The molecule has 0 aromatic rings. The van der Waals surface area contributed by atoms with E-state index in [1.165, 1.54) is 0 Å². The zero-order valence-corrected chi connectivity index (χ0v) is 6.70. The van der Waals surface area contributed by atoms with Crippen molar-refractivity contribution in [3.05, 3.63) is 0 Å². The summed E-state index contributed by atoms with van der Waals surface area (Å²) in [6.07, 6.45) is 0.959. The molecule has 0 atom stereocenters. The third kappa shape index (κ3) is 4.72. The molecule has 0 aliphatic rings. The average molecular weight is 152 g/mol. The molecule has 4 heteroatoms. The zero-order valence-electron chi connectivity index (χ0n) is 5.88. The van der Waals surface area contributed by atoms with Gasteiger partial charge >= 0.3 is 0 Å². The summed E-state index contributed by atoms with van der Waals surface area (Å²) in [6.45, 7) is 6.03. The molecule has 0 saturated heterocycles. The van der Waals surface area contributed by atoms with Crippen LogP contribution in [0.5, 0.6) is 0 Å². The van der Waals surface area contributed by atoms with Crippen LogP contribution in [-0.4, -0.2) is 10.0 Å². The summed E-state index contributed by atoms with van der Waals surface area (Å²) < 4.78 is 4.26. The van der Waals surface area contributed by atoms with Crippen molar-refractivity contribution in [3.63, 3.8) is 0 Å². The van der Waals surface area contributed by atoms with Gasteiger partial charge in [0.1, 0.15) is 0 Å². The molecule has 0 aliphatic carbocycles. The van der Waals surface area contributed by atoms with Crippen LogP contribution in [0.3, 0.4) is 0 Å². The fourth-order valence-electron chi connectivity index (χ4n) is 0.166. The number of rotatable bonds is 4. The Bertz CT molecular complexity index is 74.6. The molecule has 56 valence electrons. The minimum Gasteiger partial charge on any atom is -0.220 e. The van der Waals surface area contributed by atoms with Gasteiger partial charge in [0.05, 0.1) is 0 Å². The molecule has 3 nitrogen and oxygen atoms in total. The molecule has 0 heterocycles. The lowest BCUT2D eigenvalue weighted by molar-refractivity contribution is -0.432. The quantitative estimate of drug-likeness (QED) is 0.381. The lowest BCUT2D eigenvalue weighted by Crippen LogP contribution is -2.12. The van der Waals surface area contributed by atoms with Crippen molar-refractivity contribution < 1.29 is 14.6 Å². The van der Waals surface area contributed by atoms with Crippen molar-refractivity contribution in [2.24, 2.45) is 0 Å². The van der Waals surface area contributed by atoms with Crippen LogP contribution in [0.15, 0.2) is 0 Å². The maximum atomic E-state index is 7.78. The Morgan fingerprint density at radius 2 is 2.11 bits per heavy atom. The zero-order chi connectivity index (χ0) is 7.33. The molecule has 0 rings (SSSR count). The highest BCUT2D eigenvalue weighted by Gasteiger charge is 2.17. The van der Waals surface area contributed by atoms with Crippen LogP contribution in [0.1, 0.15) is 27.2 Å². The number of hydrogen-bond acceptors (Lipinski definition) is 4. The molecule has 0 aliphatic heterocycles. The van der Waals surface area contributed by atoms with E-state index in [2.05, 4.69) is 9.37 Å². The largest absolute Gasteiger partial charge is 0.220 e. The summed E-state index contributed by atoms with van der Waals surface area (Å²) >= 11 is 1.11. The van der Waals surface area contributed by atoms with Crippen molar-refractivity contribution in [1.82, 2.24) is 0 Å². The van der Waals surface area contributed by atoms with E-state index < -0.39 is 0 Å². The molecule has 0 unspecified atom stereocenters. The predicted octanol–water partition coefficient (Wildman–Crippen LogP) is 2.24. The molecular formula is C5H12O3S. The van der Waals surface area contributed by atoms with Gasteiger partial charge in [0.2, 0.25) is 0 Å². The van der Waals surface area contributed by atoms with Crippen molar-refractivity contribution in [3.8, 4) is 0 Å². The summed E-state index contributed by atoms with van der Waals surface area (Å²) in [7, 11) is 0. The Morgan fingerprint density at radius 1 is 1.56 bits per heavy atom. The van der Waals surface area contributed by atoms with Crippen LogP contribution in [0.25, 0.3) is 0 Å². The highest BCUT2D eigenvalue weighted by atomic mass is 32.2. The first-order valence-electron chi connectivity index (χ1n) is 2.78. The first kappa shape index (κ1) is 9.23. The van der Waals surface area contributed by atoms with Crippen molar-refractivity contribution >= 4 is 12.0 Å². The monoisotopic (exact) mass is 152 g/mol. The maximum Gasteiger partial charge on any atom is 0.0408 e. The van der Waals surface area contributed by atoms with Crippen molar-refractivity contribution in [2.75, 3.05) is 0 Å². The first-order chi connectivity index (χ1) is 4.12. The minimum absolute atomic E-state index is 0.00271. The Balaban J connectivity index is 3.33. The summed E-state index contributed by atoms with van der Waals surface area (Å²) in [5.41, 5.74) is 0. The van der Waals surface area contributed by atoms with Gasteiger partial charge in [-0.05, 0) is 20.3 Å². The van der Waals surface area contributed by atoms with Crippen LogP contribution < -0.4 is 0 Å². The smallest absolute Gasteiger partial charge is 0.0408 e. The van der Waals surface area contributed by atoms with Gasteiger partial charge in [-0.15, -0.1) is 4.33 Å². The third-order valence-electron chi connectivity index (χ3n) is 1.14. The molecule has 0 aromatic carbocycles. The van der Waals surface area contributed by atoms with Crippen LogP contribution >= 0.6 is 12.0 Å². The van der Waals surface area contributed by atoms with Crippen molar-refractivity contribution in [1.29, 1.82) is 0 Å². The minimum atomic E-state index is 0.00271. The highest BCUT2D eigenvalue weighted by Crippen LogP contribution is 2.27. The normalized spacial score (nSPS) is 12.0. The SMILES string of the molecule is CCC(C)(C)SOOO. The lowest BCUT2D eigenvalue weighted by atomic mass is 10.1. The second-order valence-corrected chi connectivity index (χ2v) is 3.75. The topological polar surface area (TPSA) is 38.7 Å². The molecule has 1 N–H and O–H groups in total. The van der Waals surface area contributed by atoms with E-state index >= 15 is 0 Å². The second kappa shape index (κ2) is 4.11. The van der Waals surface area contributed by atoms with Gasteiger partial charge in [-0.3, -0.25) is 0 Å². The molecule has 0 radical (unpaired) electrons. The molecule has 0 spiro atoms. The van der Waals surface area contributed by atoms with Crippen LogP contribution in [0.2, 0.25) is 0 Å². The Kier molecular flexibility index (Phi) is 4.22. The standard InChI is InChI=1S/C5H12O3S/c1-4-5(2,3)9-8-7-6/h6H,4H2,1-3H3. The second-order valence-electron chi connectivity index (χ2n) is 2.34. The Morgan fingerprint density at radius 3 is 2.44 bits per heavy atom. The molecule has 0 fully saturated rings. The van der Waals surface area contributed by atoms with E-state index in [9.17, 15) is 0 Å². The van der Waals surface area contributed by atoms with Crippen LogP contribution in [0, 0.1) is 0 Å². The third-order valence-corrected chi connectivity index (χ3v) is 2.01. The summed E-state index contributed by atoms with van der Waals surface area (Å²) in [5, 5.41) is 11.2. The average Bonchev–Trinajstić information content (AvgIpc) is 1.84. The maximum absolute atomic E-state index is 7.78. The van der Waals surface area contributed by atoms with Crippen LogP contribution in [-0.2, 0) is 9.37 Å². The van der Waals surface area contributed by atoms with E-state index in [-0.39, 0.29) is 4.75 Å². The van der Waals surface area contributed by atoms with E-state index in [1.54, 1.807) is 0 Å². The molecule has 0 aromatic heterocycles. The summed E-state index contributed by atoms with van der Waals surface area (Å²) in [5.74, 6) is 0. The molecule has 9 heavy (non-hydrogen) atoms. The fraction of sp³-hybridized carbons (Fsp3) is 1.00. The Hall–Kier alpha value is 0.230. The number of hydrogen-bond donors (Lipinski definition) is 1. The molecule has 0 bridgehead atoms.